The van der Waals surface area contributed by atoms with Crippen molar-refractivity contribution in [3.05, 3.63) is 30.4 Å². The van der Waals surface area contributed by atoms with Crippen molar-refractivity contribution in [2.75, 3.05) is 49.1 Å². The molecule has 1 saturated heterocycles. The van der Waals surface area contributed by atoms with Gasteiger partial charge in [-0.15, -0.1) is 5.10 Å². The summed E-state index contributed by atoms with van der Waals surface area (Å²) in [5, 5.41) is 8.36. The van der Waals surface area contributed by atoms with Crippen molar-refractivity contribution in [3.63, 3.8) is 0 Å². The fourth-order valence-corrected chi connectivity index (χ4v) is 3.12. The number of furan rings is 1. The summed E-state index contributed by atoms with van der Waals surface area (Å²) >= 11 is 0. The molecule has 1 amide bonds. The van der Waals surface area contributed by atoms with Gasteiger partial charge < -0.3 is 19.1 Å². The topological polar surface area (TPSA) is 78.6 Å². The van der Waals surface area contributed by atoms with Crippen molar-refractivity contribution < 1.29 is 9.21 Å². The van der Waals surface area contributed by atoms with Crippen LogP contribution in [0.3, 0.4) is 0 Å². The van der Waals surface area contributed by atoms with E-state index in [1.54, 1.807) is 18.3 Å². The highest BCUT2D eigenvalue weighted by molar-refractivity contribution is 5.91. The molecule has 0 aliphatic carbocycles. The van der Waals surface area contributed by atoms with Crippen molar-refractivity contribution in [1.82, 2.24) is 20.1 Å². The Labute approximate surface area is 153 Å². The third-order valence-electron chi connectivity index (χ3n) is 4.43. The van der Waals surface area contributed by atoms with Gasteiger partial charge in [-0.2, -0.15) is 10.1 Å². The monoisotopic (exact) mass is 358 g/mol. The lowest BCUT2D eigenvalue weighted by Gasteiger charge is -2.35. The molecule has 0 atom stereocenters. The lowest BCUT2D eigenvalue weighted by atomic mass is 10.3. The van der Waals surface area contributed by atoms with Gasteiger partial charge in [0.05, 0.1) is 12.5 Å². The van der Waals surface area contributed by atoms with Crippen molar-refractivity contribution in [2.24, 2.45) is 0 Å². The molecule has 0 saturated carbocycles. The van der Waals surface area contributed by atoms with Gasteiger partial charge in [0.15, 0.2) is 11.6 Å². The maximum atomic E-state index is 12.4. The van der Waals surface area contributed by atoms with Crippen molar-refractivity contribution >= 4 is 17.7 Å². The first-order chi connectivity index (χ1) is 12.7. The van der Waals surface area contributed by atoms with Crippen LogP contribution >= 0.6 is 0 Å². The lowest BCUT2D eigenvalue weighted by Crippen LogP contribution is -2.49. The lowest BCUT2D eigenvalue weighted by molar-refractivity contribution is 0.0714. The standard InChI is InChI=1S/C18H26N6O2/c1-3-7-24(8-4-2)18-20-16(14-19-21-18)22-9-11-23(12-10-22)17(25)15-6-5-13-26-15/h5-6,13-14H,3-4,7-12H2,1-2H3. The Kier molecular flexibility index (Phi) is 6.04. The van der Waals surface area contributed by atoms with Crippen molar-refractivity contribution in [1.29, 1.82) is 0 Å². The van der Waals surface area contributed by atoms with Gasteiger partial charge in [0, 0.05) is 39.3 Å². The van der Waals surface area contributed by atoms with E-state index in [1.165, 1.54) is 6.26 Å². The van der Waals surface area contributed by atoms with E-state index in [2.05, 4.69) is 33.8 Å². The molecule has 0 bridgehead atoms. The maximum absolute atomic E-state index is 12.4. The fraction of sp³-hybridized carbons (Fsp3) is 0.556. The van der Waals surface area contributed by atoms with E-state index in [-0.39, 0.29) is 5.91 Å². The summed E-state index contributed by atoms with van der Waals surface area (Å²) in [6.07, 6.45) is 5.31. The van der Waals surface area contributed by atoms with Gasteiger partial charge in [-0.05, 0) is 25.0 Å². The van der Waals surface area contributed by atoms with Gasteiger partial charge in [0.1, 0.15) is 0 Å². The van der Waals surface area contributed by atoms with Crippen LogP contribution < -0.4 is 9.80 Å². The zero-order chi connectivity index (χ0) is 18.4. The molecule has 0 unspecified atom stereocenters. The molecule has 3 heterocycles. The van der Waals surface area contributed by atoms with E-state index >= 15 is 0 Å². The predicted molar refractivity (Wildman–Crippen MR) is 99.4 cm³/mol. The van der Waals surface area contributed by atoms with E-state index in [9.17, 15) is 4.79 Å². The Morgan fingerprint density at radius 1 is 1.19 bits per heavy atom. The number of carbonyl (C=O) groups excluding carboxylic acids is 1. The first kappa shape index (κ1) is 18.2. The smallest absolute Gasteiger partial charge is 0.289 e. The van der Waals surface area contributed by atoms with Crippen LogP contribution in [0, 0.1) is 0 Å². The highest BCUT2D eigenvalue weighted by atomic mass is 16.3. The molecular formula is C18H26N6O2. The number of hydrogen-bond acceptors (Lipinski definition) is 7. The largest absolute Gasteiger partial charge is 0.459 e. The van der Waals surface area contributed by atoms with E-state index in [0.29, 0.717) is 37.9 Å². The second kappa shape index (κ2) is 8.64. The van der Waals surface area contributed by atoms with Gasteiger partial charge in [0.25, 0.3) is 5.91 Å². The number of carbonyl (C=O) groups is 1. The van der Waals surface area contributed by atoms with Crippen LogP contribution in [0.5, 0.6) is 0 Å². The molecule has 1 fully saturated rings. The summed E-state index contributed by atoms with van der Waals surface area (Å²) in [5.74, 6) is 1.82. The number of aromatic nitrogens is 3. The third kappa shape index (κ3) is 4.12. The molecule has 0 N–H and O–H groups in total. The minimum Gasteiger partial charge on any atom is -0.459 e. The first-order valence-corrected chi connectivity index (χ1v) is 9.25. The molecule has 0 aromatic carbocycles. The average Bonchev–Trinajstić information content (AvgIpc) is 3.22. The number of amides is 1. The van der Waals surface area contributed by atoms with Crippen molar-refractivity contribution in [3.8, 4) is 0 Å². The van der Waals surface area contributed by atoms with Crippen LogP contribution in [0.15, 0.2) is 29.0 Å². The van der Waals surface area contributed by atoms with E-state index in [4.69, 9.17) is 9.40 Å². The minimum atomic E-state index is -0.0618. The molecule has 1 aliphatic heterocycles. The zero-order valence-electron chi connectivity index (χ0n) is 15.5. The summed E-state index contributed by atoms with van der Waals surface area (Å²) < 4.78 is 5.21. The molecule has 26 heavy (non-hydrogen) atoms. The van der Waals surface area contributed by atoms with Crippen LogP contribution in [0.25, 0.3) is 0 Å². The highest BCUT2D eigenvalue weighted by Crippen LogP contribution is 2.17. The molecule has 2 aromatic heterocycles. The van der Waals surface area contributed by atoms with Gasteiger partial charge in [-0.25, -0.2) is 0 Å². The number of nitrogens with zero attached hydrogens (tertiary/aromatic N) is 6. The number of anilines is 2. The Bertz CT molecular complexity index is 691. The number of rotatable bonds is 7. The molecular weight excluding hydrogens is 332 g/mol. The van der Waals surface area contributed by atoms with Crippen LogP contribution in [0.2, 0.25) is 0 Å². The summed E-state index contributed by atoms with van der Waals surface area (Å²) in [4.78, 5) is 23.2. The third-order valence-corrected chi connectivity index (χ3v) is 4.43. The highest BCUT2D eigenvalue weighted by Gasteiger charge is 2.25. The van der Waals surface area contributed by atoms with E-state index in [1.807, 2.05) is 4.90 Å². The number of piperazine rings is 1. The number of hydrogen-bond donors (Lipinski definition) is 0. The molecule has 8 heteroatoms. The first-order valence-electron chi connectivity index (χ1n) is 9.25. The SMILES string of the molecule is CCCN(CCC)c1nncc(N2CCN(C(=O)c3ccco3)CC2)n1. The molecule has 1 aliphatic rings. The molecule has 140 valence electrons. The van der Waals surface area contributed by atoms with E-state index in [0.717, 1.165) is 31.7 Å². The van der Waals surface area contributed by atoms with Crippen LogP contribution in [-0.4, -0.2) is 65.3 Å². The Morgan fingerprint density at radius 3 is 2.54 bits per heavy atom. The molecule has 3 rings (SSSR count). The Hall–Kier alpha value is -2.64. The molecule has 2 aromatic rings. The predicted octanol–water partition coefficient (Wildman–Crippen LogP) is 2.05. The van der Waals surface area contributed by atoms with Gasteiger partial charge in [0.2, 0.25) is 5.95 Å². The second-order valence-electron chi connectivity index (χ2n) is 6.36. The van der Waals surface area contributed by atoms with Crippen LogP contribution in [-0.2, 0) is 0 Å². The summed E-state index contributed by atoms with van der Waals surface area (Å²) in [6.45, 7) is 8.83. The minimum absolute atomic E-state index is 0.0618. The van der Waals surface area contributed by atoms with Gasteiger partial charge in [-0.3, -0.25) is 4.79 Å². The summed E-state index contributed by atoms with van der Waals surface area (Å²) in [7, 11) is 0. The second-order valence-corrected chi connectivity index (χ2v) is 6.36. The Morgan fingerprint density at radius 2 is 1.92 bits per heavy atom. The fourth-order valence-electron chi connectivity index (χ4n) is 3.12. The Balaban J connectivity index is 1.64. The maximum Gasteiger partial charge on any atom is 0.289 e. The zero-order valence-corrected chi connectivity index (χ0v) is 15.5. The van der Waals surface area contributed by atoms with Crippen LogP contribution in [0.4, 0.5) is 11.8 Å². The van der Waals surface area contributed by atoms with Gasteiger partial charge in [-0.1, -0.05) is 13.8 Å². The van der Waals surface area contributed by atoms with E-state index < -0.39 is 0 Å². The normalized spacial score (nSPS) is 14.5. The quantitative estimate of drug-likeness (QED) is 0.749. The van der Waals surface area contributed by atoms with Crippen molar-refractivity contribution in [2.45, 2.75) is 26.7 Å². The van der Waals surface area contributed by atoms with Gasteiger partial charge >= 0.3 is 0 Å². The van der Waals surface area contributed by atoms with Crippen LogP contribution in [0.1, 0.15) is 37.2 Å². The molecule has 8 nitrogen and oxygen atoms in total. The average molecular weight is 358 g/mol. The molecule has 0 radical (unpaired) electrons. The molecule has 0 spiro atoms. The summed E-state index contributed by atoms with van der Waals surface area (Å²) in [6, 6.07) is 3.43. The summed E-state index contributed by atoms with van der Waals surface area (Å²) in [5.41, 5.74) is 0.